The Hall–Kier alpha value is -1.81. The molecular formula is C15H18N2O2. The highest BCUT2D eigenvalue weighted by atomic mass is 16.5. The van der Waals surface area contributed by atoms with Crippen LogP contribution in [0, 0.1) is 6.92 Å². The molecule has 0 bridgehead atoms. The monoisotopic (exact) mass is 258 g/mol. The molecule has 100 valence electrons. The van der Waals surface area contributed by atoms with Crippen LogP contribution in [-0.2, 0) is 19.5 Å². The molecule has 1 aromatic carbocycles. The van der Waals surface area contributed by atoms with Crippen molar-refractivity contribution in [2.24, 2.45) is 0 Å². The molecular weight excluding hydrogens is 240 g/mol. The normalized spacial score (nSPS) is 13.6. The number of benzene rings is 1. The Morgan fingerprint density at radius 1 is 1.32 bits per heavy atom. The first kappa shape index (κ1) is 12.2. The van der Waals surface area contributed by atoms with Gasteiger partial charge in [0.1, 0.15) is 12.0 Å². The summed E-state index contributed by atoms with van der Waals surface area (Å²) in [6.07, 6.45) is 2.75. The zero-order valence-electron chi connectivity index (χ0n) is 11.3. The molecule has 0 amide bonds. The second-order valence-corrected chi connectivity index (χ2v) is 5.07. The summed E-state index contributed by atoms with van der Waals surface area (Å²) in [7, 11) is 2.09. The van der Waals surface area contributed by atoms with Crippen molar-refractivity contribution in [3.05, 3.63) is 47.2 Å². The average Bonchev–Trinajstić information content (AvgIpc) is 2.97. The van der Waals surface area contributed by atoms with Crippen molar-refractivity contribution in [1.82, 2.24) is 9.88 Å². The van der Waals surface area contributed by atoms with E-state index >= 15 is 0 Å². The molecule has 0 unspecified atom stereocenters. The summed E-state index contributed by atoms with van der Waals surface area (Å²) >= 11 is 0. The standard InChI is InChI=1S/C15H18N2O2/c1-11-16-14(10-19-11)9-17(2)8-12-3-4-15-13(7-12)5-6-18-15/h3-4,7,10H,5-6,8-9H2,1-2H3. The van der Waals surface area contributed by atoms with Crippen LogP contribution in [0.1, 0.15) is 22.7 Å². The van der Waals surface area contributed by atoms with Crippen LogP contribution in [-0.4, -0.2) is 23.5 Å². The number of hydrogen-bond acceptors (Lipinski definition) is 4. The van der Waals surface area contributed by atoms with E-state index in [2.05, 4.69) is 35.1 Å². The maximum absolute atomic E-state index is 5.52. The van der Waals surface area contributed by atoms with E-state index in [1.165, 1.54) is 11.1 Å². The summed E-state index contributed by atoms with van der Waals surface area (Å²) in [6.45, 7) is 4.38. The molecule has 0 spiro atoms. The molecule has 0 radical (unpaired) electrons. The number of ether oxygens (including phenoxy) is 1. The zero-order chi connectivity index (χ0) is 13.2. The third-order valence-electron chi connectivity index (χ3n) is 3.30. The van der Waals surface area contributed by atoms with Gasteiger partial charge in [-0.2, -0.15) is 0 Å². The van der Waals surface area contributed by atoms with Gasteiger partial charge in [-0.15, -0.1) is 0 Å². The molecule has 0 saturated heterocycles. The molecule has 0 aliphatic carbocycles. The Morgan fingerprint density at radius 3 is 3.00 bits per heavy atom. The van der Waals surface area contributed by atoms with Gasteiger partial charge in [0.25, 0.3) is 0 Å². The van der Waals surface area contributed by atoms with Gasteiger partial charge in [0.05, 0.1) is 12.3 Å². The number of rotatable bonds is 4. The van der Waals surface area contributed by atoms with Crippen LogP contribution in [0.3, 0.4) is 0 Å². The number of oxazole rings is 1. The highest BCUT2D eigenvalue weighted by Gasteiger charge is 2.13. The fraction of sp³-hybridized carbons (Fsp3) is 0.400. The van der Waals surface area contributed by atoms with Crippen molar-refractivity contribution < 1.29 is 9.15 Å². The summed E-state index contributed by atoms with van der Waals surface area (Å²) < 4.78 is 10.7. The van der Waals surface area contributed by atoms with Gasteiger partial charge in [-0.1, -0.05) is 12.1 Å². The van der Waals surface area contributed by atoms with Gasteiger partial charge in [-0.25, -0.2) is 4.98 Å². The van der Waals surface area contributed by atoms with Crippen LogP contribution in [0.4, 0.5) is 0 Å². The molecule has 2 heterocycles. The van der Waals surface area contributed by atoms with Gasteiger partial charge in [0, 0.05) is 26.4 Å². The van der Waals surface area contributed by atoms with Crippen LogP contribution in [0.2, 0.25) is 0 Å². The van der Waals surface area contributed by atoms with Gasteiger partial charge in [0.15, 0.2) is 5.89 Å². The Bertz CT molecular complexity index is 577. The Morgan fingerprint density at radius 2 is 2.21 bits per heavy atom. The first-order valence-corrected chi connectivity index (χ1v) is 6.55. The van der Waals surface area contributed by atoms with Crippen molar-refractivity contribution in [3.8, 4) is 5.75 Å². The third-order valence-corrected chi connectivity index (χ3v) is 3.30. The highest BCUT2D eigenvalue weighted by molar-refractivity contribution is 5.39. The van der Waals surface area contributed by atoms with Gasteiger partial charge < -0.3 is 9.15 Å². The Kier molecular flexibility index (Phi) is 3.25. The van der Waals surface area contributed by atoms with E-state index in [1.54, 1.807) is 6.26 Å². The molecule has 0 fully saturated rings. The predicted molar refractivity (Wildman–Crippen MR) is 72.1 cm³/mol. The van der Waals surface area contributed by atoms with Gasteiger partial charge in [-0.05, 0) is 24.2 Å². The van der Waals surface area contributed by atoms with E-state index in [9.17, 15) is 0 Å². The number of nitrogens with zero attached hydrogens (tertiary/aromatic N) is 2. The molecule has 19 heavy (non-hydrogen) atoms. The first-order chi connectivity index (χ1) is 9.20. The fourth-order valence-corrected chi connectivity index (χ4v) is 2.46. The largest absolute Gasteiger partial charge is 0.493 e. The smallest absolute Gasteiger partial charge is 0.191 e. The number of hydrogen-bond donors (Lipinski definition) is 0. The molecule has 0 saturated carbocycles. The summed E-state index contributed by atoms with van der Waals surface area (Å²) in [5, 5.41) is 0. The second-order valence-electron chi connectivity index (χ2n) is 5.07. The number of aryl methyl sites for hydroxylation is 1. The lowest BCUT2D eigenvalue weighted by Crippen LogP contribution is -2.17. The topological polar surface area (TPSA) is 38.5 Å². The summed E-state index contributed by atoms with van der Waals surface area (Å²) in [5.41, 5.74) is 3.61. The van der Waals surface area contributed by atoms with Crippen LogP contribution >= 0.6 is 0 Å². The molecule has 1 aliphatic rings. The lowest BCUT2D eigenvalue weighted by Gasteiger charge is -2.15. The minimum Gasteiger partial charge on any atom is -0.493 e. The minimum absolute atomic E-state index is 0.720. The molecule has 0 N–H and O–H groups in total. The first-order valence-electron chi connectivity index (χ1n) is 6.55. The predicted octanol–water partition coefficient (Wildman–Crippen LogP) is 2.55. The quantitative estimate of drug-likeness (QED) is 0.844. The Balaban J connectivity index is 1.64. The lowest BCUT2D eigenvalue weighted by atomic mass is 10.1. The van der Waals surface area contributed by atoms with E-state index in [4.69, 9.17) is 9.15 Å². The second kappa shape index (κ2) is 5.05. The van der Waals surface area contributed by atoms with Crippen molar-refractivity contribution in [1.29, 1.82) is 0 Å². The van der Waals surface area contributed by atoms with Crippen molar-refractivity contribution in [2.45, 2.75) is 26.4 Å². The molecule has 4 nitrogen and oxygen atoms in total. The zero-order valence-corrected chi connectivity index (χ0v) is 11.3. The molecule has 1 aliphatic heterocycles. The van der Waals surface area contributed by atoms with Gasteiger partial charge >= 0.3 is 0 Å². The van der Waals surface area contributed by atoms with E-state index in [0.717, 1.165) is 43.5 Å². The van der Waals surface area contributed by atoms with Crippen molar-refractivity contribution in [3.63, 3.8) is 0 Å². The fourth-order valence-electron chi connectivity index (χ4n) is 2.46. The summed E-state index contributed by atoms with van der Waals surface area (Å²) in [4.78, 5) is 6.55. The van der Waals surface area contributed by atoms with Crippen LogP contribution in [0.25, 0.3) is 0 Å². The molecule has 4 heteroatoms. The summed E-state index contributed by atoms with van der Waals surface area (Å²) in [6, 6.07) is 6.45. The van der Waals surface area contributed by atoms with Crippen LogP contribution < -0.4 is 4.74 Å². The van der Waals surface area contributed by atoms with E-state index < -0.39 is 0 Å². The molecule has 1 aromatic heterocycles. The van der Waals surface area contributed by atoms with Gasteiger partial charge in [0.2, 0.25) is 0 Å². The van der Waals surface area contributed by atoms with Gasteiger partial charge in [-0.3, -0.25) is 4.90 Å². The van der Waals surface area contributed by atoms with Crippen LogP contribution in [0.15, 0.2) is 28.9 Å². The SMILES string of the molecule is Cc1nc(CN(C)Cc2ccc3c(c2)CCO3)co1. The summed E-state index contributed by atoms with van der Waals surface area (Å²) in [5.74, 6) is 1.76. The van der Waals surface area contributed by atoms with E-state index in [1.807, 2.05) is 6.92 Å². The van der Waals surface area contributed by atoms with Crippen molar-refractivity contribution in [2.75, 3.05) is 13.7 Å². The van der Waals surface area contributed by atoms with E-state index in [-0.39, 0.29) is 0 Å². The molecule has 0 atom stereocenters. The maximum Gasteiger partial charge on any atom is 0.191 e. The van der Waals surface area contributed by atoms with E-state index in [0.29, 0.717) is 0 Å². The maximum atomic E-state index is 5.52. The number of fused-ring (bicyclic) bond motifs is 1. The molecule has 3 rings (SSSR count). The third kappa shape index (κ3) is 2.79. The average molecular weight is 258 g/mol. The van der Waals surface area contributed by atoms with Crippen LogP contribution in [0.5, 0.6) is 5.75 Å². The Labute approximate surface area is 113 Å². The van der Waals surface area contributed by atoms with Crippen molar-refractivity contribution >= 4 is 0 Å². The lowest BCUT2D eigenvalue weighted by molar-refractivity contribution is 0.314. The molecule has 2 aromatic rings. The minimum atomic E-state index is 0.720. The highest BCUT2D eigenvalue weighted by Crippen LogP contribution is 2.26. The number of aromatic nitrogens is 1.